The van der Waals surface area contributed by atoms with E-state index in [1.807, 2.05) is 48.5 Å². The molecule has 0 spiro atoms. The van der Waals surface area contributed by atoms with Gasteiger partial charge in [-0.05, 0) is 84.5 Å². The number of aromatic nitrogens is 4. The minimum absolute atomic E-state index is 0.0164. The lowest BCUT2D eigenvalue weighted by molar-refractivity contribution is -0.116. The number of benzene rings is 2. The van der Waals surface area contributed by atoms with E-state index in [1.165, 1.54) is 19.2 Å². The molecule has 0 unspecified atom stereocenters. The lowest BCUT2D eigenvalue weighted by Gasteiger charge is -2.14. The van der Waals surface area contributed by atoms with Crippen LogP contribution in [0.4, 0.5) is 5.69 Å². The Labute approximate surface area is 163 Å². The highest BCUT2D eigenvalue weighted by Crippen LogP contribution is 2.25. The first-order chi connectivity index (χ1) is 13.8. The Balaban J connectivity index is 1.28. The van der Waals surface area contributed by atoms with Gasteiger partial charge < -0.3 is 10.1 Å². The summed E-state index contributed by atoms with van der Waals surface area (Å²) in [6.07, 6.45) is 7.74. The molecule has 1 saturated carbocycles. The minimum atomic E-state index is -0.0164. The maximum atomic E-state index is 12.3. The zero-order valence-electron chi connectivity index (χ0n) is 15.6. The fourth-order valence-electron chi connectivity index (χ4n) is 3.43. The van der Waals surface area contributed by atoms with E-state index in [0.717, 1.165) is 35.5 Å². The minimum Gasteiger partial charge on any atom is -0.490 e. The van der Waals surface area contributed by atoms with Crippen molar-refractivity contribution in [3.05, 3.63) is 60.4 Å². The first-order valence-electron chi connectivity index (χ1n) is 9.65. The summed E-state index contributed by atoms with van der Waals surface area (Å²) >= 11 is 0. The largest absolute Gasteiger partial charge is 0.490 e. The van der Waals surface area contributed by atoms with Crippen LogP contribution in [0.25, 0.3) is 5.69 Å². The number of anilines is 1. The van der Waals surface area contributed by atoms with E-state index in [2.05, 4.69) is 20.8 Å². The van der Waals surface area contributed by atoms with E-state index in [1.54, 1.807) is 4.68 Å². The van der Waals surface area contributed by atoms with E-state index in [0.29, 0.717) is 18.9 Å². The molecule has 7 heteroatoms. The average Bonchev–Trinajstić information content (AvgIpc) is 3.42. The molecule has 3 aromatic rings. The maximum absolute atomic E-state index is 12.3. The van der Waals surface area contributed by atoms with Crippen molar-refractivity contribution in [3.8, 4) is 11.4 Å². The first-order valence-corrected chi connectivity index (χ1v) is 9.65. The van der Waals surface area contributed by atoms with Crippen molar-refractivity contribution in [1.82, 2.24) is 20.2 Å². The number of nitrogens with zero attached hydrogens (tertiary/aromatic N) is 4. The van der Waals surface area contributed by atoms with Crippen molar-refractivity contribution in [2.24, 2.45) is 0 Å². The van der Waals surface area contributed by atoms with Crippen LogP contribution in [-0.2, 0) is 11.2 Å². The predicted molar refractivity (Wildman–Crippen MR) is 105 cm³/mol. The van der Waals surface area contributed by atoms with Crippen LogP contribution in [-0.4, -0.2) is 32.2 Å². The molecule has 1 heterocycles. The van der Waals surface area contributed by atoms with Crippen molar-refractivity contribution in [2.45, 2.75) is 44.6 Å². The Morgan fingerprint density at radius 1 is 1.14 bits per heavy atom. The molecule has 7 nitrogen and oxygen atoms in total. The molecule has 1 amide bonds. The summed E-state index contributed by atoms with van der Waals surface area (Å²) < 4.78 is 7.61. The van der Waals surface area contributed by atoms with Crippen LogP contribution in [0.3, 0.4) is 0 Å². The summed E-state index contributed by atoms with van der Waals surface area (Å²) in [6, 6.07) is 15.5. The molecule has 0 atom stereocenters. The fourth-order valence-corrected chi connectivity index (χ4v) is 3.43. The molecular weight excluding hydrogens is 354 g/mol. The number of amides is 1. The lowest BCUT2D eigenvalue weighted by atomic mass is 10.1. The molecule has 0 radical (unpaired) electrons. The molecule has 4 rings (SSSR count). The number of carbonyl (C=O) groups excluding carboxylic acids is 1. The molecule has 2 aromatic carbocycles. The number of rotatable bonds is 7. The number of nitrogens with one attached hydrogen (secondary N) is 1. The number of tetrazole rings is 1. The van der Waals surface area contributed by atoms with Gasteiger partial charge in [-0.1, -0.05) is 12.1 Å². The summed E-state index contributed by atoms with van der Waals surface area (Å²) in [4.78, 5) is 12.3. The van der Waals surface area contributed by atoms with Gasteiger partial charge in [-0.25, -0.2) is 4.68 Å². The normalized spacial score (nSPS) is 14.1. The third-order valence-electron chi connectivity index (χ3n) is 4.91. The van der Waals surface area contributed by atoms with Crippen molar-refractivity contribution >= 4 is 11.6 Å². The summed E-state index contributed by atoms with van der Waals surface area (Å²) in [5.74, 6) is 0.889. The van der Waals surface area contributed by atoms with Gasteiger partial charge in [0.2, 0.25) is 5.91 Å². The van der Waals surface area contributed by atoms with E-state index >= 15 is 0 Å². The number of hydrogen-bond acceptors (Lipinski definition) is 5. The molecule has 0 saturated heterocycles. The van der Waals surface area contributed by atoms with Gasteiger partial charge in [0.1, 0.15) is 12.1 Å². The van der Waals surface area contributed by atoms with Gasteiger partial charge in [-0.15, -0.1) is 5.10 Å². The van der Waals surface area contributed by atoms with E-state index in [9.17, 15) is 4.79 Å². The third-order valence-corrected chi connectivity index (χ3v) is 4.91. The Hall–Kier alpha value is -3.22. The fraction of sp³-hybridized carbons (Fsp3) is 0.333. The zero-order chi connectivity index (χ0) is 19.2. The van der Waals surface area contributed by atoms with Crippen LogP contribution in [0.1, 0.15) is 37.7 Å². The molecule has 1 aliphatic rings. The summed E-state index contributed by atoms with van der Waals surface area (Å²) in [7, 11) is 0. The molecule has 1 aromatic heterocycles. The van der Waals surface area contributed by atoms with E-state index in [4.69, 9.17) is 4.74 Å². The molecule has 0 aliphatic heterocycles. The molecular formula is C21H23N5O2. The maximum Gasteiger partial charge on any atom is 0.224 e. The quantitative estimate of drug-likeness (QED) is 0.681. The van der Waals surface area contributed by atoms with E-state index < -0.39 is 0 Å². The lowest BCUT2D eigenvalue weighted by Crippen LogP contribution is -2.13. The molecule has 0 bridgehead atoms. The van der Waals surface area contributed by atoms with Crippen LogP contribution in [0.15, 0.2) is 54.9 Å². The third kappa shape index (κ3) is 4.73. The Morgan fingerprint density at radius 3 is 2.71 bits per heavy atom. The summed E-state index contributed by atoms with van der Waals surface area (Å²) in [6.45, 7) is 0. The highest BCUT2D eigenvalue weighted by molar-refractivity contribution is 5.90. The van der Waals surface area contributed by atoms with Crippen molar-refractivity contribution in [3.63, 3.8) is 0 Å². The Morgan fingerprint density at radius 2 is 1.96 bits per heavy atom. The Kier molecular flexibility index (Phi) is 5.61. The topological polar surface area (TPSA) is 81.9 Å². The number of aryl methyl sites for hydroxylation is 1. The van der Waals surface area contributed by atoms with Crippen LogP contribution in [0.5, 0.6) is 5.75 Å². The van der Waals surface area contributed by atoms with Crippen LogP contribution in [0, 0.1) is 0 Å². The van der Waals surface area contributed by atoms with Crippen LogP contribution >= 0.6 is 0 Å². The second kappa shape index (κ2) is 8.65. The number of ether oxygens (including phenoxy) is 1. The van der Waals surface area contributed by atoms with Crippen molar-refractivity contribution in [1.29, 1.82) is 0 Å². The van der Waals surface area contributed by atoms with Gasteiger partial charge in [0, 0.05) is 12.1 Å². The van der Waals surface area contributed by atoms with Crippen molar-refractivity contribution < 1.29 is 9.53 Å². The van der Waals surface area contributed by atoms with Gasteiger partial charge in [-0.2, -0.15) is 0 Å². The molecule has 1 fully saturated rings. The van der Waals surface area contributed by atoms with E-state index in [-0.39, 0.29) is 5.91 Å². The number of carbonyl (C=O) groups is 1. The zero-order valence-corrected chi connectivity index (χ0v) is 15.6. The molecule has 1 aliphatic carbocycles. The standard InChI is InChI=1S/C21H23N5O2/c27-21(23-17-9-11-18(12-10-17)26-15-22-24-25-26)13-8-16-4-3-7-20(14-16)28-19-5-1-2-6-19/h3-4,7,9-12,14-15,19H,1-2,5-6,8,13H2,(H,23,27). The second-order valence-corrected chi connectivity index (χ2v) is 7.02. The predicted octanol–water partition coefficient (Wildman–Crippen LogP) is 3.56. The van der Waals surface area contributed by atoms with Crippen LogP contribution < -0.4 is 10.1 Å². The number of hydrogen-bond donors (Lipinski definition) is 1. The van der Waals surface area contributed by atoms with Crippen molar-refractivity contribution in [2.75, 3.05) is 5.32 Å². The summed E-state index contributed by atoms with van der Waals surface area (Å²) in [5, 5.41) is 14.0. The van der Waals surface area contributed by atoms with Gasteiger partial charge in [-0.3, -0.25) is 4.79 Å². The Bertz CT molecular complexity index is 903. The SMILES string of the molecule is O=C(CCc1cccc(OC2CCCC2)c1)Nc1ccc(-n2cnnn2)cc1. The monoisotopic (exact) mass is 377 g/mol. The first kappa shape index (κ1) is 18.2. The van der Waals surface area contributed by atoms with Gasteiger partial charge in [0.25, 0.3) is 0 Å². The van der Waals surface area contributed by atoms with Gasteiger partial charge in [0.15, 0.2) is 0 Å². The second-order valence-electron chi connectivity index (χ2n) is 7.02. The van der Waals surface area contributed by atoms with Crippen LogP contribution in [0.2, 0.25) is 0 Å². The molecule has 28 heavy (non-hydrogen) atoms. The average molecular weight is 377 g/mol. The molecule has 1 N–H and O–H groups in total. The van der Waals surface area contributed by atoms with Gasteiger partial charge >= 0.3 is 0 Å². The highest BCUT2D eigenvalue weighted by Gasteiger charge is 2.16. The highest BCUT2D eigenvalue weighted by atomic mass is 16.5. The smallest absolute Gasteiger partial charge is 0.224 e. The van der Waals surface area contributed by atoms with Gasteiger partial charge in [0.05, 0.1) is 11.8 Å². The summed E-state index contributed by atoms with van der Waals surface area (Å²) in [5.41, 5.74) is 2.70. The molecule has 144 valence electrons.